The van der Waals surface area contributed by atoms with E-state index < -0.39 is 36.3 Å². The summed E-state index contributed by atoms with van der Waals surface area (Å²) in [4.78, 5) is 35.9. The standard InChI is InChI=1S/C15H26N4O4.C2HF3O2/c1-4-10(5-2)23-12-7-9(14(21)22)6-11(19-15(16)17)13(12)18-8(3)20;3-2(4,5)1(6)7/h7,10-13H,4-6H2,1-3H3,(H,18,20)(H,21,22)(H4,16,17,19);(H,6,7)/t11-,12+,13+;/m0./s1. The van der Waals surface area contributed by atoms with E-state index in [4.69, 9.17) is 26.1 Å². The molecule has 0 saturated carbocycles. The maximum absolute atomic E-state index is 11.5. The maximum Gasteiger partial charge on any atom is 0.490 e. The Kier molecular flexibility index (Phi) is 10.9. The number of rotatable bonds is 7. The highest BCUT2D eigenvalue weighted by Gasteiger charge is 2.38. The van der Waals surface area contributed by atoms with Crippen molar-refractivity contribution >= 4 is 23.8 Å². The molecule has 10 nitrogen and oxygen atoms in total. The van der Waals surface area contributed by atoms with Crippen molar-refractivity contribution < 1.29 is 42.5 Å². The number of aliphatic imine (C=N–C) groups is 1. The molecular weight excluding hydrogens is 413 g/mol. The molecule has 0 saturated heterocycles. The fraction of sp³-hybridized carbons (Fsp3) is 0.647. The van der Waals surface area contributed by atoms with Gasteiger partial charge in [-0.15, -0.1) is 0 Å². The fourth-order valence-electron chi connectivity index (χ4n) is 2.66. The minimum Gasteiger partial charge on any atom is -0.478 e. The van der Waals surface area contributed by atoms with Crippen molar-refractivity contribution in [1.82, 2.24) is 5.32 Å². The number of ether oxygens (including phenoxy) is 1. The highest BCUT2D eigenvalue weighted by Crippen LogP contribution is 2.26. The first-order valence-electron chi connectivity index (χ1n) is 8.98. The van der Waals surface area contributed by atoms with Gasteiger partial charge in [-0.05, 0) is 18.9 Å². The zero-order valence-electron chi connectivity index (χ0n) is 16.8. The quantitative estimate of drug-likeness (QED) is 0.284. The number of carbonyl (C=O) groups is 3. The SMILES string of the molecule is CCC(CC)O[C@@H]1C=C(C(=O)O)C[C@H](N=C(N)N)[C@H]1NC(C)=O.O=C(O)C(F)(F)F. The molecule has 1 aliphatic rings. The average molecular weight is 440 g/mol. The Hall–Kier alpha value is -2.83. The summed E-state index contributed by atoms with van der Waals surface area (Å²) in [5, 5.41) is 19.2. The van der Waals surface area contributed by atoms with Crippen LogP contribution in [0.2, 0.25) is 0 Å². The van der Waals surface area contributed by atoms with Gasteiger partial charge in [0.15, 0.2) is 5.96 Å². The van der Waals surface area contributed by atoms with Gasteiger partial charge in [0.05, 0.1) is 24.3 Å². The number of carbonyl (C=O) groups excluding carboxylic acids is 1. The van der Waals surface area contributed by atoms with Crippen LogP contribution < -0.4 is 16.8 Å². The molecule has 0 bridgehead atoms. The van der Waals surface area contributed by atoms with Crippen molar-refractivity contribution in [2.24, 2.45) is 16.5 Å². The second kappa shape index (κ2) is 12.0. The van der Waals surface area contributed by atoms with E-state index in [1.54, 1.807) is 6.08 Å². The Balaban J connectivity index is 0.00000103. The number of alkyl halides is 3. The molecule has 1 aliphatic carbocycles. The van der Waals surface area contributed by atoms with Crippen LogP contribution in [0.15, 0.2) is 16.6 Å². The second-order valence-electron chi connectivity index (χ2n) is 6.39. The first kappa shape index (κ1) is 27.2. The lowest BCUT2D eigenvalue weighted by Gasteiger charge is -2.36. The number of carboxylic acid groups (broad SMARTS) is 2. The van der Waals surface area contributed by atoms with Gasteiger partial charge in [0.1, 0.15) is 0 Å². The number of hydrogen-bond donors (Lipinski definition) is 5. The third-order valence-corrected chi connectivity index (χ3v) is 4.03. The van der Waals surface area contributed by atoms with Crippen LogP contribution in [0.5, 0.6) is 0 Å². The van der Waals surface area contributed by atoms with Crippen molar-refractivity contribution in [3.8, 4) is 0 Å². The first-order valence-corrected chi connectivity index (χ1v) is 8.98. The Morgan fingerprint density at radius 2 is 1.77 bits per heavy atom. The molecule has 172 valence electrons. The average Bonchev–Trinajstić information content (AvgIpc) is 2.60. The van der Waals surface area contributed by atoms with E-state index in [-0.39, 0.29) is 30.0 Å². The summed E-state index contributed by atoms with van der Waals surface area (Å²) in [7, 11) is 0. The summed E-state index contributed by atoms with van der Waals surface area (Å²) in [5.74, 6) is -4.21. The van der Waals surface area contributed by atoms with Crippen LogP contribution in [0.25, 0.3) is 0 Å². The molecule has 13 heteroatoms. The van der Waals surface area contributed by atoms with Gasteiger partial charge in [-0.3, -0.25) is 4.79 Å². The Morgan fingerprint density at radius 3 is 2.10 bits per heavy atom. The van der Waals surface area contributed by atoms with Crippen LogP contribution in [-0.2, 0) is 19.1 Å². The molecule has 0 aromatic carbocycles. The van der Waals surface area contributed by atoms with Crippen molar-refractivity contribution in [2.45, 2.75) is 70.5 Å². The van der Waals surface area contributed by atoms with Crippen molar-refractivity contribution in [2.75, 3.05) is 0 Å². The van der Waals surface area contributed by atoms with Crippen LogP contribution in [0.3, 0.4) is 0 Å². The predicted molar refractivity (Wildman–Crippen MR) is 100 cm³/mol. The second-order valence-corrected chi connectivity index (χ2v) is 6.39. The number of nitrogens with two attached hydrogens (primary N) is 2. The molecule has 0 aromatic heterocycles. The smallest absolute Gasteiger partial charge is 0.478 e. The zero-order valence-corrected chi connectivity index (χ0v) is 16.8. The minimum atomic E-state index is -5.08. The van der Waals surface area contributed by atoms with Gasteiger partial charge >= 0.3 is 18.1 Å². The molecule has 0 heterocycles. The van der Waals surface area contributed by atoms with Gasteiger partial charge in [0, 0.05) is 18.9 Å². The number of aliphatic carboxylic acids is 2. The minimum absolute atomic E-state index is 0.0412. The lowest BCUT2D eigenvalue weighted by atomic mass is 9.88. The summed E-state index contributed by atoms with van der Waals surface area (Å²) in [6.45, 7) is 5.36. The number of nitrogens with one attached hydrogen (secondary N) is 1. The van der Waals surface area contributed by atoms with Gasteiger partial charge in [-0.1, -0.05) is 13.8 Å². The molecule has 0 fully saturated rings. The number of carboxylic acids is 2. The topological polar surface area (TPSA) is 177 Å². The largest absolute Gasteiger partial charge is 0.490 e. The third kappa shape index (κ3) is 9.58. The summed E-state index contributed by atoms with van der Waals surface area (Å²) >= 11 is 0. The zero-order chi connectivity index (χ0) is 23.6. The molecule has 3 atom stereocenters. The third-order valence-electron chi connectivity index (χ3n) is 4.03. The molecule has 0 aliphatic heterocycles. The highest BCUT2D eigenvalue weighted by molar-refractivity contribution is 5.87. The van der Waals surface area contributed by atoms with Gasteiger partial charge in [-0.25, -0.2) is 14.6 Å². The van der Waals surface area contributed by atoms with Crippen LogP contribution >= 0.6 is 0 Å². The molecule has 0 radical (unpaired) electrons. The van der Waals surface area contributed by atoms with Crippen LogP contribution in [0, 0.1) is 0 Å². The Morgan fingerprint density at radius 1 is 1.27 bits per heavy atom. The van der Waals surface area contributed by atoms with Crippen molar-refractivity contribution in [3.05, 3.63) is 11.6 Å². The number of guanidine groups is 1. The van der Waals surface area contributed by atoms with E-state index in [1.165, 1.54) is 6.92 Å². The molecule has 0 unspecified atom stereocenters. The van der Waals surface area contributed by atoms with Crippen molar-refractivity contribution in [1.29, 1.82) is 0 Å². The van der Waals surface area contributed by atoms with Gasteiger partial charge < -0.3 is 31.7 Å². The molecule has 0 spiro atoms. The number of hydrogen-bond acceptors (Lipinski definition) is 5. The van der Waals surface area contributed by atoms with E-state index in [9.17, 15) is 27.9 Å². The molecule has 0 aromatic rings. The van der Waals surface area contributed by atoms with Gasteiger partial charge in [-0.2, -0.15) is 13.2 Å². The summed E-state index contributed by atoms with van der Waals surface area (Å²) in [6, 6.07) is -1.10. The summed E-state index contributed by atoms with van der Waals surface area (Å²) in [6.07, 6.45) is -2.50. The van der Waals surface area contributed by atoms with E-state index >= 15 is 0 Å². The first-order chi connectivity index (χ1) is 13.7. The van der Waals surface area contributed by atoms with Crippen LogP contribution in [0.1, 0.15) is 40.0 Å². The summed E-state index contributed by atoms with van der Waals surface area (Å²) in [5.41, 5.74) is 11.1. The molecule has 7 N–H and O–H groups in total. The van der Waals surface area contributed by atoms with Gasteiger partial charge in [0.25, 0.3) is 0 Å². The molecular formula is C17H27F3N4O6. The highest BCUT2D eigenvalue weighted by atomic mass is 19.4. The lowest BCUT2D eigenvalue weighted by Crippen LogP contribution is -2.54. The van der Waals surface area contributed by atoms with Crippen LogP contribution in [-0.4, -0.2) is 64.5 Å². The van der Waals surface area contributed by atoms with E-state index in [1.807, 2.05) is 13.8 Å². The number of halogens is 3. The molecule has 1 amide bonds. The van der Waals surface area contributed by atoms with Gasteiger partial charge in [0.2, 0.25) is 5.91 Å². The van der Waals surface area contributed by atoms with E-state index in [0.29, 0.717) is 0 Å². The number of nitrogens with zero attached hydrogens (tertiary/aromatic N) is 1. The predicted octanol–water partition coefficient (Wildman–Crippen LogP) is 0.755. The molecule has 1 rings (SSSR count). The van der Waals surface area contributed by atoms with Crippen molar-refractivity contribution in [3.63, 3.8) is 0 Å². The summed E-state index contributed by atoms with van der Waals surface area (Å²) < 4.78 is 37.7. The van der Waals surface area contributed by atoms with E-state index in [2.05, 4.69) is 10.3 Å². The normalized spacial score (nSPS) is 21.0. The monoisotopic (exact) mass is 440 g/mol. The van der Waals surface area contributed by atoms with E-state index in [0.717, 1.165) is 12.8 Å². The fourth-order valence-corrected chi connectivity index (χ4v) is 2.66. The lowest BCUT2D eigenvalue weighted by molar-refractivity contribution is -0.192. The molecule has 30 heavy (non-hydrogen) atoms. The van der Waals surface area contributed by atoms with Crippen LogP contribution in [0.4, 0.5) is 13.2 Å². The number of amides is 1. The Labute approximate surface area is 171 Å². The maximum atomic E-state index is 11.5. The Bertz CT molecular complexity index is 673.